The number of amides is 1. The molecular formula is C12H17N3O2. The van der Waals surface area contributed by atoms with Crippen molar-refractivity contribution in [3.8, 4) is 0 Å². The van der Waals surface area contributed by atoms with Gasteiger partial charge in [0.25, 0.3) is 5.91 Å². The van der Waals surface area contributed by atoms with Crippen molar-refractivity contribution in [1.82, 2.24) is 9.88 Å². The van der Waals surface area contributed by atoms with Gasteiger partial charge in [-0.05, 0) is 25.3 Å². The van der Waals surface area contributed by atoms with Crippen LogP contribution >= 0.6 is 0 Å². The van der Waals surface area contributed by atoms with Crippen LogP contribution in [0.1, 0.15) is 29.6 Å². The first-order chi connectivity index (χ1) is 8.24. The first kappa shape index (κ1) is 11.9. The van der Waals surface area contributed by atoms with E-state index in [2.05, 4.69) is 4.98 Å². The van der Waals surface area contributed by atoms with Crippen LogP contribution in [0.3, 0.4) is 0 Å². The maximum absolute atomic E-state index is 12.3. The van der Waals surface area contributed by atoms with Gasteiger partial charge in [-0.2, -0.15) is 0 Å². The Kier molecular flexibility index (Phi) is 3.58. The van der Waals surface area contributed by atoms with E-state index in [0.717, 1.165) is 19.3 Å². The molecular weight excluding hydrogens is 218 g/mol. The molecule has 0 saturated heterocycles. The number of nitrogen functional groups attached to an aromatic ring is 1. The van der Waals surface area contributed by atoms with Crippen molar-refractivity contribution in [3.05, 3.63) is 24.0 Å². The Morgan fingerprint density at radius 2 is 2.35 bits per heavy atom. The fourth-order valence-electron chi connectivity index (χ4n) is 2.01. The summed E-state index contributed by atoms with van der Waals surface area (Å²) in [4.78, 5) is 17.9. The van der Waals surface area contributed by atoms with Gasteiger partial charge in [0.05, 0.1) is 24.1 Å². The molecule has 0 aromatic carbocycles. The highest BCUT2D eigenvalue weighted by Crippen LogP contribution is 2.26. The average molecular weight is 235 g/mol. The molecule has 0 unspecified atom stereocenters. The molecule has 2 rings (SSSR count). The fraction of sp³-hybridized carbons (Fsp3) is 0.500. The molecule has 0 radical (unpaired) electrons. The molecule has 5 nitrogen and oxygen atoms in total. The molecule has 0 aliphatic heterocycles. The van der Waals surface area contributed by atoms with Crippen molar-refractivity contribution >= 4 is 11.6 Å². The minimum Gasteiger partial charge on any atom is -0.397 e. The van der Waals surface area contributed by atoms with Crippen molar-refractivity contribution < 1.29 is 9.90 Å². The zero-order valence-corrected chi connectivity index (χ0v) is 9.67. The SMILES string of the molecule is Nc1cnccc1C(=O)N(CCO)C1CCC1. The van der Waals surface area contributed by atoms with Crippen LogP contribution in [0.4, 0.5) is 5.69 Å². The lowest BCUT2D eigenvalue weighted by Gasteiger charge is -2.37. The quantitative estimate of drug-likeness (QED) is 0.803. The number of hydrogen-bond acceptors (Lipinski definition) is 4. The molecule has 1 heterocycles. The van der Waals surface area contributed by atoms with Gasteiger partial charge < -0.3 is 15.7 Å². The Morgan fingerprint density at radius 3 is 2.88 bits per heavy atom. The molecule has 0 spiro atoms. The third kappa shape index (κ3) is 2.39. The number of nitrogens with two attached hydrogens (primary N) is 1. The van der Waals surface area contributed by atoms with Crippen molar-refractivity contribution in [2.45, 2.75) is 25.3 Å². The van der Waals surface area contributed by atoms with Gasteiger partial charge in [0, 0.05) is 18.8 Å². The predicted octanol–water partition coefficient (Wildman–Crippen LogP) is 0.651. The molecule has 1 aromatic heterocycles. The fourth-order valence-corrected chi connectivity index (χ4v) is 2.01. The molecule has 1 amide bonds. The van der Waals surface area contributed by atoms with E-state index in [0.29, 0.717) is 17.8 Å². The summed E-state index contributed by atoms with van der Waals surface area (Å²) in [5.41, 5.74) is 6.60. The summed E-state index contributed by atoms with van der Waals surface area (Å²) in [7, 11) is 0. The van der Waals surface area contributed by atoms with E-state index >= 15 is 0 Å². The van der Waals surface area contributed by atoms with Crippen LogP contribution in [0.2, 0.25) is 0 Å². The van der Waals surface area contributed by atoms with E-state index in [1.165, 1.54) is 6.20 Å². The van der Waals surface area contributed by atoms with E-state index in [1.54, 1.807) is 17.2 Å². The summed E-state index contributed by atoms with van der Waals surface area (Å²) in [5.74, 6) is -0.108. The summed E-state index contributed by atoms with van der Waals surface area (Å²) in [6.07, 6.45) is 6.20. The van der Waals surface area contributed by atoms with Crippen LogP contribution in [-0.4, -0.2) is 40.1 Å². The monoisotopic (exact) mass is 235 g/mol. The van der Waals surface area contributed by atoms with Crippen molar-refractivity contribution in [2.75, 3.05) is 18.9 Å². The van der Waals surface area contributed by atoms with E-state index in [9.17, 15) is 4.79 Å². The maximum atomic E-state index is 12.3. The van der Waals surface area contributed by atoms with Gasteiger partial charge in [0.2, 0.25) is 0 Å². The van der Waals surface area contributed by atoms with Crippen LogP contribution in [0, 0.1) is 0 Å². The molecule has 0 bridgehead atoms. The molecule has 0 atom stereocenters. The Balaban J connectivity index is 2.18. The van der Waals surface area contributed by atoms with E-state index < -0.39 is 0 Å². The van der Waals surface area contributed by atoms with Crippen molar-refractivity contribution in [2.24, 2.45) is 0 Å². The Hall–Kier alpha value is -1.62. The zero-order chi connectivity index (χ0) is 12.3. The van der Waals surface area contributed by atoms with Gasteiger partial charge in [-0.15, -0.1) is 0 Å². The van der Waals surface area contributed by atoms with Gasteiger partial charge in [0.1, 0.15) is 0 Å². The van der Waals surface area contributed by atoms with Crippen molar-refractivity contribution in [1.29, 1.82) is 0 Å². The Bertz CT molecular complexity index is 404. The lowest BCUT2D eigenvalue weighted by Crippen LogP contribution is -2.45. The zero-order valence-electron chi connectivity index (χ0n) is 9.67. The number of aliphatic hydroxyl groups is 1. The molecule has 1 aliphatic carbocycles. The Morgan fingerprint density at radius 1 is 1.59 bits per heavy atom. The number of rotatable bonds is 4. The number of carbonyl (C=O) groups is 1. The van der Waals surface area contributed by atoms with Gasteiger partial charge in [-0.25, -0.2) is 0 Å². The highest BCUT2D eigenvalue weighted by Gasteiger charge is 2.29. The Labute approximate surface area is 100 Å². The molecule has 17 heavy (non-hydrogen) atoms. The van der Waals surface area contributed by atoms with Crippen molar-refractivity contribution in [3.63, 3.8) is 0 Å². The molecule has 1 saturated carbocycles. The summed E-state index contributed by atoms with van der Waals surface area (Å²) < 4.78 is 0. The second kappa shape index (κ2) is 5.14. The average Bonchev–Trinajstić information content (AvgIpc) is 2.26. The van der Waals surface area contributed by atoms with Gasteiger partial charge in [-0.1, -0.05) is 0 Å². The van der Waals surface area contributed by atoms with E-state index in [4.69, 9.17) is 10.8 Å². The molecule has 92 valence electrons. The lowest BCUT2D eigenvalue weighted by atomic mass is 9.91. The van der Waals surface area contributed by atoms with Gasteiger partial charge in [-0.3, -0.25) is 9.78 Å². The standard InChI is InChI=1S/C12H17N3O2/c13-11-8-14-5-4-10(11)12(17)15(6-7-16)9-2-1-3-9/h4-5,8-9,16H,1-3,6-7,13H2. The maximum Gasteiger partial charge on any atom is 0.256 e. The minimum atomic E-state index is -0.108. The number of nitrogens with zero attached hydrogens (tertiary/aromatic N) is 2. The molecule has 1 aromatic rings. The minimum absolute atomic E-state index is 0.0206. The van der Waals surface area contributed by atoms with Gasteiger partial charge in [0.15, 0.2) is 0 Å². The molecule has 3 N–H and O–H groups in total. The number of pyridine rings is 1. The first-order valence-electron chi connectivity index (χ1n) is 5.85. The molecule has 1 aliphatic rings. The smallest absolute Gasteiger partial charge is 0.256 e. The number of anilines is 1. The van der Waals surface area contributed by atoms with Crippen LogP contribution in [0.25, 0.3) is 0 Å². The highest BCUT2D eigenvalue weighted by molar-refractivity contribution is 5.99. The van der Waals surface area contributed by atoms with Crippen LogP contribution in [0.15, 0.2) is 18.5 Å². The highest BCUT2D eigenvalue weighted by atomic mass is 16.3. The second-order valence-corrected chi connectivity index (χ2v) is 4.27. The number of aliphatic hydroxyl groups excluding tert-OH is 1. The first-order valence-corrected chi connectivity index (χ1v) is 5.85. The normalized spacial score (nSPS) is 15.4. The van der Waals surface area contributed by atoms with E-state index in [1.807, 2.05) is 0 Å². The predicted molar refractivity (Wildman–Crippen MR) is 64.4 cm³/mol. The topological polar surface area (TPSA) is 79.5 Å². The molecule has 5 heteroatoms. The van der Waals surface area contributed by atoms with Crippen LogP contribution in [-0.2, 0) is 0 Å². The van der Waals surface area contributed by atoms with E-state index in [-0.39, 0.29) is 18.6 Å². The molecule has 1 fully saturated rings. The van der Waals surface area contributed by atoms with Crippen LogP contribution < -0.4 is 5.73 Å². The third-order valence-corrected chi connectivity index (χ3v) is 3.20. The van der Waals surface area contributed by atoms with Crippen LogP contribution in [0.5, 0.6) is 0 Å². The summed E-state index contributed by atoms with van der Waals surface area (Å²) in [6.45, 7) is 0.346. The third-order valence-electron chi connectivity index (χ3n) is 3.20. The number of carbonyl (C=O) groups excluding carboxylic acids is 1. The lowest BCUT2D eigenvalue weighted by molar-refractivity contribution is 0.0527. The largest absolute Gasteiger partial charge is 0.397 e. The number of aromatic nitrogens is 1. The second-order valence-electron chi connectivity index (χ2n) is 4.27. The number of hydrogen-bond donors (Lipinski definition) is 2. The summed E-state index contributed by atoms with van der Waals surface area (Å²) in [5, 5.41) is 9.03. The summed E-state index contributed by atoms with van der Waals surface area (Å²) >= 11 is 0. The van der Waals surface area contributed by atoms with Gasteiger partial charge >= 0.3 is 0 Å². The summed E-state index contributed by atoms with van der Waals surface area (Å²) in [6, 6.07) is 1.88.